The molecule has 0 spiro atoms. The van der Waals surface area contributed by atoms with Gasteiger partial charge in [0.1, 0.15) is 46.3 Å². The smallest absolute Gasteiger partial charge is 0.136 e. The minimum Gasteiger partial charge on any atom is -0.360 e. The summed E-state index contributed by atoms with van der Waals surface area (Å²) in [4.78, 5) is 0. The standard InChI is InChI=1S/C16H34O6Si3/c1-10(23-14(17-4)18-5)13(11(2)24-15(19-6)20-7)12(3)25-16(21-8)22-9/h10-16H,1-9H3. The van der Waals surface area contributed by atoms with Crippen LogP contribution in [0.3, 0.4) is 0 Å². The second kappa shape index (κ2) is 14.5. The van der Waals surface area contributed by atoms with Gasteiger partial charge in [-0.1, -0.05) is 20.8 Å². The monoisotopic (exact) mass is 406 g/mol. The van der Waals surface area contributed by atoms with Crippen LogP contribution < -0.4 is 0 Å². The summed E-state index contributed by atoms with van der Waals surface area (Å²) in [6.45, 7) is 6.83. The molecule has 0 fully saturated rings. The molecule has 0 rings (SSSR count). The van der Waals surface area contributed by atoms with Crippen molar-refractivity contribution in [2.24, 2.45) is 5.92 Å². The number of rotatable bonds is 15. The zero-order valence-corrected chi connectivity index (χ0v) is 20.0. The van der Waals surface area contributed by atoms with Crippen molar-refractivity contribution in [1.29, 1.82) is 0 Å². The average molecular weight is 407 g/mol. The van der Waals surface area contributed by atoms with E-state index in [1.165, 1.54) is 0 Å². The van der Waals surface area contributed by atoms with Gasteiger partial charge in [0.05, 0.1) is 0 Å². The van der Waals surface area contributed by atoms with E-state index < -0.39 is 0 Å². The van der Waals surface area contributed by atoms with E-state index >= 15 is 0 Å². The normalized spacial score (nSPS) is 17.3. The summed E-state index contributed by atoms with van der Waals surface area (Å²) >= 11 is 0. The van der Waals surface area contributed by atoms with Gasteiger partial charge in [-0.25, -0.2) is 0 Å². The maximum absolute atomic E-state index is 5.42. The SMILES string of the molecule is COC(OC)[Si]C(C)C(C(C)[Si]C(OC)OC)C(C)[Si]C(OC)OC. The minimum atomic E-state index is -0.162. The average Bonchev–Trinajstić information content (AvgIpc) is 2.61. The molecule has 0 aliphatic heterocycles. The summed E-state index contributed by atoms with van der Waals surface area (Å²) in [6, 6.07) is 0. The van der Waals surface area contributed by atoms with Crippen LogP contribution in [-0.4, -0.2) is 89.0 Å². The Kier molecular flexibility index (Phi) is 14.7. The van der Waals surface area contributed by atoms with Crippen molar-refractivity contribution in [3.05, 3.63) is 0 Å². The Labute approximate surface area is 161 Å². The highest BCUT2D eigenvalue weighted by atomic mass is 28.2. The van der Waals surface area contributed by atoms with Gasteiger partial charge < -0.3 is 28.4 Å². The summed E-state index contributed by atoms with van der Waals surface area (Å²) in [5.74, 6) is -0.0250. The van der Waals surface area contributed by atoms with E-state index in [0.29, 0.717) is 51.1 Å². The maximum Gasteiger partial charge on any atom is 0.136 e. The molecule has 6 radical (unpaired) electrons. The lowest BCUT2D eigenvalue weighted by Crippen LogP contribution is -2.37. The molecule has 0 aliphatic rings. The minimum absolute atomic E-state index is 0.162. The molecular weight excluding hydrogens is 372 g/mol. The highest BCUT2D eigenvalue weighted by Gasteiger charge is 2.34. The van der Waals surface area contributed by atoms with Crippen LogP contribution in [0.2, 0.25) is 16.6 Å². The van der Waals surface area contributed by atoms with Gasteiger partial charge in [-0.2, -0.15) is 0 Å². The first kappa shape index (κ1) is 25.4. The lowest BCUT2D eigenvalue weighted by Gasteiger charge is -2.36. The number of hydrogen-bond acceptors (Lipinski definition) is 6. The molecule has 0 aromatic carbocycles. The summed E-state index contributed by atoms with van der Waals surface area (Å²) in [6.07, 6.45) is 0. The van der Waals surface area contributed by atoms with Crippen molar-refractivity contribution in [2.75, 3.05) is 42.7 Å². The third-order valence-electron chi connectivity index (χ3n) is 4.21. The second-order valence-electron chi connectivity index (χ2n) is 5.85. The van der Waals surface area contributed by atoms with E-state index in [4.69, 9.17) is 28.4 Å². The Morgan fingerprint density at radius 1 is 0.440 bits per heavy atom. The highest BCUT2D eigenvalue weighted by molar-refractivity contribution is 6.43. The summed E-state index contributed by atoms with van der Waals surface area (Å²) in [7, 11) is 11.8. The molecule has 0 amide bonds. The molecule has 0 saturated heterocycles. The molecule has 3 unspecified atom stereocenters. The Morgan fingerprint density at radius 2 is 0.640 bits per heavy atom. The number of hydrogen-bond donors (Lipinski definition) is 0. The fourth-order valence-electron chi connectivity index (χ4n) is 2.97. The van der Waals surface area contributed by atoms with E-state index in [1.54, 1.807) is 42.7 Å². The zero-order chi connectivity index (χ0) is 19.4. The zero-order valence-electron chi connectivity index (χ0n) is 17.0. The van der Waals surface area contributed by atoms with Crippen LogP contribution >= 0.6 is 0 Å². The van der Waals surface area contributed by atoms with E-state index in [-0.39, 0.29) is 17.7 Å². The van der Waals surface area contributed by atoms with Crippen molar-refractivity contribution < 1.29 is 28.4 Å². The number of ether oxygens (including phenoxy) is 6. The van der Waals surface area contributed by atoms with Crippen molar-refractivity contribution in [2.45, 2.75) is 55.1 Å². The quantitative estimate of drug-likeness (QED) is 0.306. The Morgan fingerprint density at radius 3 is 0.800 bits per heavy atom. The summed E-state index contributed by atoms with van der Waals surface area (Å²) in [5.41, 5.74) is 1.33. The third-order valence-corrected chi connectivity index (χ3v) is 9.18. The first-order valence-corrected chi connectivity index (χ1v) is 11.8. The fourth-order valence-corrected chi connectivity index (χ4v) is 8.05. The highest BCUT2D eigenvalue weighted by Crippen LogP contribution is 2.39. The molecule has 0 aromatic rings. The van der Waals surface area contributed by atoms with Crippen molar-refractivity contribution >= 4 is 28.6 Å². The first-order chi connectivity index (χ1) is 11.9. The Balaban J connectivity index is 5.18. The first-order valence-electron chi connectivity index (χ1n) is 8.33. The molecule has 3 atom stereocenters. The molecule has 0 aliphatic carbocycles. The summed E-state index contributed by atoms with van der Waals surface area (Å²) in [5, 5.41) is 0. The van der Waals surface area contributed by atoms with E-state index in [9.17, 15) is 0 Å². The van der Waals surface area contributed by atoms with Gasteiger partial charge in [0, 0.05) is 42.7 Å². The van der Waals surface area contributed by atoms with Crippen LogP contribution in [0.25, 0.3) is 0 Å². The van der Waals surface area contributed by atoms with Crippen molar-refractivity contribution in [1.82, 2.24) is 0 Å². The topological polar surface area (TPSA) is 55.4 Å². The van der Waals surface area contributed by atoms with Gasteiger partial charge >= 0.3 is 0 Å². The molecule has 0 saturated carbocycles. The van der Waals surface area contributed by atoms with Gasteiger partial charge in [0.15, 0.2) is 0 Å². The summed E-state index contributed by atoms with van der Waals surface area (Å²) < 4.78 is 32.5. The van der Waals surface area contributed by atoms with Gasteiger partial charge in [0.2, 0.25) is 0 Å². The molecule has 0 N–H and O–H groups in total. The molecule has 9 heteroatoms. The van der Waals surface area contributed by atoms with Gasteiger partial charge in [-0.15, -0.1) is 0 Å². The Bertz CT molecular complexity index is 267. The van der Waals surface area contributed by atoms with E-state index in [1.807, 2.05) is 0 Å². The van der Waals surface area contributed by atoms with Crippen LogP contribution in [0.1, 0.15) is 20.8 Å². The van der Waals surface area contributed by atoms with Crippen molar-refractivity contribution in [3.8, 4) is 0 Å². The molecule has 146 valence electrons. The van der Waals surface area contributed by atoms with Crippen LogP contribution in [0.5, 0.6) is 0 Å². The molecule has 0 heterocycles. The number of methoxy groups -OCH3 is 6. The van der Waals surface area contributed by atoms with E-state index in [2.05, 4.69) is 20.8 Å². The molecule has 0 bridgehead atoms. The lowest BCUT2D eigenvalue weighted by atomic mass is 9.98. The van der Waals surface area contributed by atoms with Gasteiger partial charge in [0.25, 0.3) is 0 Å². The molecule has 25 heavy (non-hydrogen) atoms. The van der Waals surface area contributed by atoms with Crippen LogP contribution in [0.4, 0.5) is 0 Å². The second-order valence-corrected chi connectivity index (χ2v) is 11.0. The van der Waals surface area contributed by atoms with E-state index in [0.717, 1.165) is 0 Å². The molecular formula is C16H34O6Si3. The largest absolute Gasteiger partial charge is 0.360 e. The molecule has 0 aromatic heterocycles. The molecule has 6 nitrogen and oxygen atoms in total. The fraction of sp³-hybridized carbons (Fsp3) is 1.00. The van der Waals surface area contributed by atoms with Crippen LogP contribution in [0.15, 0.2) is 0 Å². The maximum atomic E-state index is 5.42. The predicted octanol–water partition coefficient (Wildman–Crippen LogP) is 1.87. The van der Waals surface area contributed by atoms with Gasteiger partial charge in [-0.3, -0.25) is 0 Å². The van der Waals surface area contributed by atoms with Crippen molar-refractivity contribution in [3.63, 3.8) is 0 Å². The Hall–Kier alpha value is 0.411. The third kappa shape index (κ3) is 9.25. The van der Waals surface area contributed by atoms with Gasteiger partial charge in [-0.05, 0) is 22.5 Å². The lowest BCUT2D eigenvalue weighted by molar-refractivity contribution is -0.0472. The van der Waals surface area contributed by atoms with Crippen LogP contribution in [0, 0.1) is 5.92 Å². The predicted molar refractivity (Wildman–Crippen MR) is 102 cm³/mol. The van der Waals surface area contributed by atoms with Crippen LogP contribution in [-0.2, 0) is 28.4 Å².